The number of nitrogens with one attached hydrogen (secondary N) is 1. The summed E-state index contributed by atoms with van der Waals surface area (Å²) in [5, 5.41) is 3.11. The Balaban J connectivity index is 1.94. The first kappa shape index (κ1) is 16.0. The number of carbonyl (C=O) groups excluding carboxylic acids is 1. The highest BCUT2D eigenvalue weighted by atomic mass is 16.1. The molecule has 0 atom stereocenters. The molecule has 0 heterocycles. The second-order valence-corrected chi connectivity index (χ2v) is 6.90. The molecule has 0 spiro atoms. The molecule has 21 heavy (non-hydrogen) atoms. The van der Waals surface area contributed by atoms with E-state index >= 15 is 0 Å². The number of aryl methyl sites for hydroxylation is 1. The third-order valence-electron chi connectivity index (χ3n) is 4.52. The first-order valence-electron chi connectivity index (χ1n) is 8.12. The number of benzene rings is 1. The smallest absolute Gasteiger partial charge is 0.224 e. The minimum atomic E-state index is 0.124. The van der Waals surface area contributed by atoms with Crippen LogP contribution < -0.4 is 11.1 Å². The molecule has 1 aliphatic carbocycles. The van der Waals surface area contributed by atoms with Gasteiger partial charge in [0.1, 0.15) is 0 Å². The zero-order valence-electron chi connectivity index (χ0n) is 13.4. The maximum Gasteiger partial charge on any atom is 0.224 e. The van der Waals surface area contributed by atoms with Gasteiger partial charge in [-0.25, -0.2) is 0 Å². The van der Waals surface area contributed by atoms with Crippen LogP contribution in [0.5, 0.6) is 0 Å². The monoisotopic (exact) mass is 288 g/mol. The van der Waals surface area contributed by atoms with Crippen LogP contribution in [0.3, 0.4) is 0 Å². The lowest BCUT2D eigenvalue weighted by atomic mass is 9.84. The fourth-order valence-electron chi connectivity index (χ4n) is 3.08. The molecule has 116 valence electrons. The van der Waals surface area contributed by atoms with E-state index in [0.29, 0.717) is 13.0 Å². The van der Waals surface area contributed by atoms with Gasteiger partial charge in [-0.15, -0.1) is 0 Å². The Hall–Kier alpha value is -1.35. The third kappa shape index (κ3) is 4.57. The van der Waals surface area contributed by atoms with Gasteiger partial charge < -0.3 is 11.1 Å². The lowest BCUT2D eigenvalue weighted by molar-refractivity contribution is -0.116. The van der Waals surface area contributed by atoms with Crippen LogP contribution >= 0.6 is 0 Å². The van der Waals surface area contributed by atoms with Gasteiger partial charge in [0.2, 0.25) is 5.91 Å². The second kappa shape index (κ2) is 7.08. The minimum Gasteiger partial charge on any atom is -0.330 e. The van der Waals surface area contributed by atoms with Crippen molar-refractivity contribution in [3.05, 3.63) is 29.3 Å². The zero-order chi connectivity index (χ0) is 15.3. The van der Waals surface area contributed by atoms with Gasteiger partial charge in [-0.1, -0.05) is 26.0 Å². The summed E-state index contributed by atoms with van der Waals surface area (Å²) < 4.78 is 0. The average Bonchev–Trinajstić information content (AvgIpc) is 2.46. The summed E-state index contributed by atoms with van der Waals surface area (Å²) in [6, 6.07) is 6.28. The van der Waals surface area contributed by atoms with E-state index in [2.05, 4.69) is 31.3 Å². The Morgan fingerprint density at radius 1 is 1.24 bits per heavy atom. The standard InChI is InChI=1S/C18H28N2O/c1-18(2,12-13-19)11-10-17(21)20-16-9-5-7-14-6-3-4-8-15(14)16/h5,7,9H,3-4,6,8,10-13,19H2,1-2H3,(H,20,21). The Morgan fingerprint density at radius 3 is 2.76 bits per heavy atom. The van der Waals surface area contributed by atoms with Crippen LogP contribution in [0.1, 0.15) is 57.1 Å². The molecule has 3 heteroatoms. The van der Waals surface area contributed by atoms with E-state index in [-0.39, 0.29) is 11.3 Å². The SMILES string of the molecule is CC(C)(CCN)CCC(=O)Nc1cccc2c1CCCC2. The summed E-state index contributed by atoms with van der Waals surface area (Å²) in [5.74, 6) is 0.124. The van der Waals surface area contributed by atoms with E-state index in [1.54, 1.807) is 0 Å². The molecule has 0 fully saturated rings. The molecular weight excluding hydrogens is 260 g/mol. The van der Waals surface area contributed by atoms with E-state index < -0.39 is 0 Å². The highest BCUT2D eigenvalue weighted by Gasteiger charge is 2.19. The van der Waals surface area contributed by atoms with E-state index in [0.717, 1.165) is 31.4 Å². The number of hydrogen-bond acceptors (Lipinski definition) is 2. The van der Waals surface area contributed by atoms with Crippen LogP contribution in [0.15, 0.2) is 18.2 Å². The molecule has 1 aliphatic rings. The Labute approximate surface area is 128 Å². The van der Waals surface area contributed by atoms with Gasteiger partial charge >= 0.3 is 0 Å². The van der Waals surface area contributed by atoms with Crippen LogP contribution in [0, 0.1) is 5.41 Å². The fraction of sp³-hybridized carbons (Fsp3) is 0.611. The van der Waals surface area contributed by atoms with Crippen LogP contribution in [0.4, 0.5) is 5.69 Å². The number of carbonyl (C=O) groups is 1. The quantitative estimate of drug-likeness (QED) is 0.839. The Bertz CT molecular complexity index is 494. The maximum absolute atomic E-state index is 12.2. The summed E-state index contributed by atoms with van der Waals surface area (Å²) >= 11 is 0. The zero-order valence-corrected chi connectivity index (χ0v) is 13.4. The summed E-state index contributed by atoms with van der Waals surface area (Å²) in [5.41, 5.74) is 9.53. The van der Waals surface area contributed by atoms with E-state index in [1.165, 1.54) is 24.0 Å². The van der Waals surface area contributed by atoms with Crippen molar-refractivity contribution in [2.75, 3.05) is 11.9 Å². The van der Waals surface area contributed by atoms with Crippen molar-refractivity contribution in [1.82, 2.24) is 0 Å². The van der Waals surface area contributed by atoms with Crippen LogP contribution in [0.2, 0.25) is 0 Å². The highest BCUT2D eigenvalue weighted by Crippen LogP contribution is 2.29. The third-order valence-corrected chi connectivity index (χ3v) is 4.52. The van der Waals surface area contributed by atoms with Crippen molar-refractivity contribution < 1.29 is 4.79 Å². The van der Waals surface area contributed by atoms with Gasteiger partial charge in [-0.2, -0.15) is 0 Å². The van der Waals surface area contributed by atoms with Crippen molar-refractivity contribution in [3.63, 3.8) is 0 Å². The number of fused-ring (bicyclic) bond motifs is 1. The summed E-state index contributed by atoms with van der Waals surface area (Å²) in [4.78, 5) is 12.2. The molecule has 0 radical (unpaired) electrons. The van der Waals surface area contributed by atoms with Crippen LogP contribution in [-0.2, 0) is 17.6 Å². The molecular formula is C18H28N2O. The summed E-state index contributed by atoms with van der Waals surface area (Å²) in [6.45, 7) is 5.04. The van der Waals surface area contributed by atoms with Gasteiger partial charge in [0.15, 0.2) is 0 Å². The number of rotatable bonds is 6. The number of anilines is 1. The van der Waals surface area contributed by atoms with Crippen molar-refractivity contribution in [1.29, 1.82) is 0 Å². The highest BCUT2D eigenvalue weighted by molar-refractivity contribution is 5.91. The van der Waals surface area contributed by atoms with Crippen LogP contribution in [0.25, 0.3) is 0 Å². The minimum absolute atomic E-state index is 0.124. The topological polar surface area (TPSA) is 55.1 Å². The van der Waals surface area contributed by atoms with E-state index in [1.807, 2.05) is 6.07 Å². The predicted octanol–water partition coefficient (Wildman–Crippen LogP) is 3.66. The largest absolute Gasteiger partial charge is 0.330 e. The van der Waals surface area contributed by atoms with Gasteiger partial charge in [0, 0.05) is 12.1 Å². The Morgan fingerprint density at radius 2 is 2.00 bits per heavy atom. The second-order valence-electron chi connectivity index (χ2n) is 6.90. The molecule has 0 aliphatic heterocycles. The molecule has 0 saturated heterocycles. The lowest BCUT2D eigenvalue weighted by Gasteiger charge is -2.24. The number of nitrogens with two attached hydrogens (primary N) is 1. The van der Waals surface area contributed by atoms with Crippen LogP contribution in [-0.4, -0.2) is 12.5 Å². The Kier molecular flexibility index (Phi) is 5.40. The first-order valence-corrected chi connectivity index (χ1v) is 8.12. The van der Waals surface area contributed by atoms with Crippen molar-refractivity contribution in [2.24, 2.45) is 11.1 Å². The van der Waals surface area contributed by atoms with E-state index in [4.69, 9.17) is 5.73 Å². The molecule has 3 nitrogen and oxygen atoms in total. The van der Waals surface area contributed by atoms with Crippen molar-refractivity contribution >= 4 is 11.6 Å². The van der Waals surface area contributed by atoms with Crippen molar-refractivity contribution in [2.45, 2.75) is 58.8 Å². The molecule has 1 aromatic carbocycles. The maximum atomic E-state index is 12.2. The van der Waals surface area contributed by atoms with Gasteiger partial charge in [-0.05, 0) is 67.7 Å². The first-order chi connectivity index (χ1) is 10.0. The molecule has 0 bridgehead atoms. The number of amides is 1. The van der Waals surface area contributed by atoms with Gasteiger partial charge in [0.05, 0.1) is 0 Å². The average molecular weight is 288 g/mol. The lowest BCUT2D eigenvalue weighted by Crippen LogP contribution is -2.21. The molecule has 1 aromatic rings. The molecule has 0 aromatic heterocycles. The molecule has 2 rings (SSSR count). The summed E-state index contributed by atoms with van der Waals surface area (Å²) in [6.07, 6.45) is 7.12. The molecule has 0 saturated carbocycles. The molecule has 1 amide bonds. The van der Waals surface area contributed by atoms with E-state index in [9.17, 15) is 4.79 Å². The number of hydrogen-bond donors (Lipinski definition) is 2. The van der Waals surface area contributed by atoms with Crippen molar-refractivity contribution in [3.8, 4) is 0 Å². The van der Waals surface area contributed by atoms with Gasteiger partial charge in [0.25, 0.3) is 0 Å². The fourth-order valence-corrected chi connectivity index (χ4v) is 3.08. The summed E-state index contributed by atoms with van der Waals surface area (Å²) in [7, 11) is 0. The molecule has 0 unspecified atom stereocenters. The predicted molar refractivity (Wildman–Crippen MR) is 88.4 cm³/mol. The molecule has 3 N–H and O–H groups in total. The van der Waals surface area contributed by atoms with Gasteiger partial charge in [-0.3, -0.25) is 4.79 Å². The normalized spacial score (nSPS) is 14.6.